The van der Waals surface area contributed by atoms with Gasteiger partial charge in [0, 0.05) is 51.0 Å². The molecule has 0 radical (unpaired) electrons. The fraction of sp³-hybridized carbons (Fsp3) is 0.333. The molecule has 3 aliphatic rings. The molecule has 2 unspecified atom stereocenters. The number of pyridine rings is 1. The Morgan fingerprint density at radius 1 is 0.982 bits per heavy atom. The number of nitrogens with one attached hydrogen (secondary N) is 1. The Morgan fingerprint density at radius 3 is 2.73 bits per heavy atom. The van der Waals surface area contributed by atoms with Crippen LogP contribution in [0.2, 0.25) is 0 Å². The number of likely N-dealkylation sites (N-methyl/N-ethyl adjacent to an activating group) is 1. The Hall–Kier alpha value is -6.18. The maximum absolute atomic E-state index is 15.1. The molecule has 14 nitrogen and oxygen atoms in total. The molecule has 0 spiro atoms. The van der Waals surface area contributed by atoms with E-state index < -0.39 is 23.8 Å². The monoisotopic (exact) mass is 746 g/mol. The van der Waals surface area contributed by atoms with Crippen LogP contribution in [0.3, 0.4) is 0 Å². The summed E-state index contributed by atoms with van der Waals surface area (Å²) in [6, 6.07) is 11.8. The molecule has 7 heterocycles. The van der Waals surface area contributed by atoms with E-state index in [0.29, 0.717) is 76.3 Å². The van der Waals surface area contributed by atoms with Gasteiger partial charge in [0.15, 0.2) is 11.5 Å². The van der Waals surface area contributed by atoms with Crippen molar-refractivity contribution in [2.24, 2.45) is 0 Å². The number of aryl methyl sites for hydroxylation is 1. The number of hydrogen-bond donors (Lipinski definition) is 1. The molecule has 6 aromatic rings. The number of carbonyl (C=O) groups excluding carboxylic acids is 1. The Labute approximate surface area is 314 Å². The number of anilines is 2. The standard InChI is InChI=1S/C39H36F2N10O4/c1-22-43-30-14-24(41)13-27-29-7-6-8-34(45-29)44-25-16-32(39(52)48(2)19-26(53-3)20-49(22)36(27)30)50(18-25)37-28-17-42-51-31-10-9-23(40)15-33(31)55-12-5-4-11-54-21-35(46-37)47-38(28)51/h6-10,13-15,17,25-26,32H,11-12,16,18-21H2,1-3H3,(H,44,45)/t25?,26-,32?/m0/s1. The number of nitrogens with zero attached hydrogens (tertiary/aromatic N) is 9. The van der Waals surface area contributed by atoms with Crippen molar-refractivity contribution < 1.29 is 27.8 Å². The van der Waals surface area contributed by atoms with Gasteiger partial charge >= 0.3 is 0 Å². The van der Waals surface area contributed by atoms with Crippen LogP contribution in [0, 0.1) is 30.4 Å². The molecule has 1 N–H and O–H groups in total. The van der Waals surface area contributed by atoms with Gasteiger partial charge in [-0.25, -0.2) is 33.4 Å². The summed E-state index contributed by atoms with van der Waals surface area (Å²) in [6.45, 7) is 3.04. The smallest absolute Gasteiger partial charge is 0.245 e. The van der Waals surface area contributed by atoms with Crippen molar-refractivity contribution in [3.63, 3.8) is 0 Å². The lowest BCUT2D eigenvalue weighted by atomic mass is 10.1. The Morgan fingerprint density at radius 2 is 1.85 bits per heavy atom. The third-order valence-corrected chi connectivity index (χ3v) is 10.2. The normalized spacial score (nSPS) is 20.0. The van der Waals surface area contributed by atoms with E-state index in [1.54, 1.807) is 36.0 Å². The largest absolute Gasteiger partial charge is 0.479 e. The number of ether oxygens (including phenoxy) is 3. The number of fused-ring (bicyclic) bond motifs is 8. The summed E-state index contributed by atoms with van der Waals surface area (Å²) in [5.41, 5.74) is 3.33. The fourth-order valence-corrected chi connectivity index (χ4v) is 7.70. The first-order chi connectivity index (χ1) is 26.7. The van der Waals surface area contributed by atoms with Gasteiger partial charge in [0.05, 0.1) is 41.0 Å². The molecule has 16 heteroatoms. The highest BCUT2D eigenvalue weighted by molar-refractivity contribution is 5.94. The molecule has 2 aromatic carbocycles. The molecule has 3 atom stereocenters. The van der Waals surface area contributed by atoms with Crippen LogP contribution < -0.4 is 15.0 Å². The van der Waals surface area contributed by atoms with E-state index in [4.69, 9.17) is 29.2 Å². The molecule has 9 rings (SSSR count). The first kappa shape index (κ1) is 34.6. The number of aromatic nitrogens is 7. The molecular formula is C39H36F2N10O4. The third kappa shape index (κ3) is 6.34. The van der Waals surface area contributed by atoms with Gasteiger partial charge in [0.2, 0.25) is 5.91 Å². The summed E-state index contributed by atoms with van der Waals surface area (Å²) in [5, 5.41) is 8.80. The van der Waals surface area contributed by atoms with Crippen LogP contribution in [0.1, 0.15) is 18.1 Å². The summed E-state index contributed by atoms with van der Waals surface area (Å²) < 4.78 is 50.7. The van der Waals surface area contributed by atoms with Crippen molar-refractivity contribution in [3.8, 4) is 34.5 Å². The van der Waals surface area contributed by atoms with E-state index in [9.17, 15) is 9.18 Å². The first-order valence-corrected chi connectivity index (χ1v) is 17.9. The SMILES string of the molecule is CO[C@H]1CN(C)C(=O)C2CC(CN2c2nc3nc4c2cnn4-c2ccc(F)cc2OCC#CCOC3)Nc2cccc(n2)-c2cc(F)cc3nc(C)n(c23)C1. The van der Waals surface area contributed by atoms with Gasteiger partial charge in [0.25, 0.3) is 0 Å². The lowest BCUT2D eigenvalue weighted by Crippen LogP contribution is -2.47. The van der Waals surface area contributed by atoms with Gasteiger partial charge in [-0.1, -0.05) is 17.9 Å². The van der Waals surface area contributed by atoms with E-state index in [-0.39, 0.29) is 44.1 Å². The second-order valence-corrected chi connectivity index (χ2v) is 13.8. The first-order valence-electron chi connectivity index (χ1n) is 17.9. The van der Waals surface area contributed by atoms with Gasteiger partial charge in [-0.15, -0.1) is 0 Å². The zero-order chi connectivity index (χ0) is 37.8. The minimum Gasteiger partial charge on any atom is -0.479 e. The molecule has 55 heavy (non-hydrogen) atoms. The van der Waals surface area contributed by atoms with Crippen LogP contribution in [0.25, 0.3) is 39.0 Å². The molecule has 1 amide bonds. The van der Waals surface area contributed by atoms with E-state index in [1.807, 2.05) is 34.6 Å². The van der Waals surface area contributed by atoms with Crippen LogP contribution in [0.15, 0.2) is 54.7 Å². The topological polar surface area (TPSA) is 138 Å². The Bertz CT molecular complexity index is 2550. The number of halogens is 2. The minimum absolute atomic E-state index is 0.0234. The summed E-state index contributed by atoms with van der Waals surface area (Å²) >= 11 is 0. The van der Waals surface area contributed by atoms with Crippen molar-refractivity contribution >= 4 is 39.6 Å². The molecule has 3 aliphatic heterocycles. The van der Waals surface area contributed by atoms with Gasteiger partial charge in [-0.3, -0.25) is 4.79 Å². The molecule has 0 aliphatic carbocycles. The average Bonchev–Trinajstić information content (AvgIpc) is 3.87. The molecule has 1 saturated heterocycles. The van der Waals surface area contributed by atoms with Gasteiger partial charge in [-0.2, -0.15) is 5.10 Å². The number of methoxy groups -OCH3 is 1. The summed E-state index contributed by atoms with van der Waals surface area (Å²) in [5.74, 6) is 7.10. The van der Waals surface area contributed by atoms with Gasteiger partial charge < -0.3 is 33.9 Å². The van der Waals surface area contributed by atoms with E-state index in [0.717, 1.165) is 5.52 Å². The number of carbonyl (C=O) groups is 1. The highest BCUT2D eigenvalue weighted by Crippen LogP contribution is 2.36. The molecular weight excluding hydrogens is 710 g/mol. The van der Waals surface area contributed by atoms with Crippen molar-refractivity contribution in [2.75, 3.05) is 50.7 Å². The van der Waals surface area contributed by atoms with Crippen molar-refractivity contribution in [3.05, 3.63) is 78.0 Å². The van der Waals surface area contributed by atoms with Crippen molar-refractivity contribution in [1.29, 1.82) is 0 Å². The fourth-order valence-electron chi connectivity index (χ4n) is 7.70. The maximum atomic E-state index is 15.1. The summed E-state index contributed by atoms with van der Waals surface area (Å²) in [4.78, 5) is 37.7. The molecule has 1 fully saturated rings. The van der Waals surface area contributed by atoms with Crippen LogP contribution in [0.5, 0.6) is 5.75 Å². The Balaban J connectivity index is 1.17. The predicted molar refractivity (Wildman–Crippen MR) is 199 cm³/mol. The average molecular weight is 747 g/mol. The number of hydrogen-bond acceptors (Lipinski definition) is 11. The highest BCUT2D eigenvalue weighted by Gasteiger charge is 2.41. The minimum atomic E-state index is -0.658. The van der Waals surface area contributed by atoms with Crippen LogP contribution in [-0.4, -0.2) is 104 Å². The van der Waals surface area contributed by atoms with Crippen molar-refractivity contribution in [2.45, 2.75) is 44.7 Å². The number of amides is 1. The molecule has 4 aromatic heterocycles. The van der Waals surface area contributed by atoms with Crippen LogP contribution in [-0.2, 0) is 27.4 Å². The van der Waals surface area contributed by atoms with E-state index in [2.05, 4.69) is 27.2 Å². The maximum Gasteiger partial charge on any atom is 0.245 e. The molecule has 280 valence electrons. The van der Waals surface area contributed by atoms with E-state index >= 15 is 4.39 Å². The van der Waals surface area contributed by atoms with Crippen LogP contribution in [0.4, 0.5) is 20.4 Å². The van der Waals surface area contributed by atoms with Gasteiger partial charge in [0.1, 0.15) is 66.4 Å². The lowest BCUT2D eigenvalue weighted by molar-refractivity contribution is -0.132. The quantitative estimate of drug-likeness (QED) is 0.255. The number of imidazole rings is 1. The number of benzene rings is 2. The highest BCUT2D eigenvalue weighted by atomic mass is 19.1. The summed E-state index contributed by atoms with van der Waals surface area (Å²) in [7, 11) is 3.38. The van der Waals surface area contributed by atoms with Gasteiger partial charge in [-0.05, 0) is 43.7 Å². The predicted octanol–water partition coefficient (Wildman–Crippen LogP) is 4.27. The second kappa shape index (κ2) is 13.9. The molecule has 6 bridgehead atoms. The molecule has 0 saturated carbocycles. The second-order valence-electron chi connectivity index (χ2n) is 13.8. The zero-order valence-corrected chi connectivity index (χ0v) is 30.3. The lowest BCUT2D eigenvalue weighted by Gasteiger charge is -2.31. The summed E-state index contributed by atoms with van der Waals surface area (Å²) in [6.07, 6.45) is 1.63. The Kier molecular flexibility index (Phi) is 8.74. The number of rotatable bonds is 2. The van der Waals surface area contributed by atoms with Crippen LogP contribution >= 0.6 is 0 Å². The van der Waals surface area contributed by atoms with E-state index in [1.165, 1.54) is 24.3 Å². The zero-order valence-electron chi connectivity index (χ0n) is 30.3. The third-order valence-electron chi connectivity index (χ3n) is 10.2. The van der Waals surface area contributed by atoms with Crippen molar-refractivity contribution in [1.82, 2.24) is 39.2 Å².